The molecule has 1 amide bonds. The number of ether oxygens (including phenoxy) is 1. The first kappa shape index (κ1) is 24.6. The molecule has 1 fully saturated rings. The van der Waals surface area contributed by atoms with Gasteiger partial charge < -0.3 is 14.5 Å². The number of nitrogens with one attached hydrogen (secondary N) is 1. The van der Waals surface area contributed by atoms with E-state index in [9.17, 15) is 31.5 Å². The number of nitrogens with zero attached hydrogens (tertiary/aromatic N) is 2. The van der Waals surface area contributed by atoms with E-state index in [-0.39, 0.29) is 11.0 Å². The molecule has 0 aliphatic carbocycles. The molecular weight excluding hydrogens is 497 g/mol. The number of hydrogen-bond acceptors (Lipinski definition) is 7. The number of halogens is 5. The maximum absolute atomic E-state index is 13.7. The van der Waals surface area contributed by atoms with Crippen LogP contribution in [0.4, 0.5) is 37.4 Å². The van der Waals surface area contributed by atoms with Gasteiger partial charge in [-0.1, -0.05) is 23.4 Å². The maximum atomic E-state index is 13.7. The summed E-state index contributed by atoms with van der Waals surface area (Å²) in [5, 5.41) is 6.03. The molecule has 2 aliphatic heterocycles. The third-order valence-corrected chi connectivity index (χ3v) is 6.39. The molecule has 4 rings (SSSR count). The minimum absolute atomic E-state index is 0.278. The van der Waals surface area contributed by atoms with Crippen molar-refractivity contribution in [1.29, 1.82) is 0 Å². The fraction of sp³-hybridized carbons (Fsp3) is 0.318. The SMILES string of the molecule is O=C(Nc1ccccc1)OC1CCN(c2ccc(/C=C3\C(=O)ON=C3C(F)(F)C(F)(F)F)s2)CC1. The second-order valence-electron chi connectivity index (χ2n) is 7.71. The summed E-state index contributed by atoms with van der Waals surface area (Å²) in [5.74, 6) is -6.72. The summed E-state index contributed by atoms with van der Waals surface area (Å²) in [6.07, 6.45) is -4.80. The molecule has 2 aliphatic rings. The van der Waals surface area contributed by atoms with E-state index in [2.05, 4.69) is 15.3 Å². The monoisotopic (exact) mass is 515 g/mol. The summed E-state index contributed by atoms with van der Waals surface area (Å²) >= 11 is 1.11. The van der Waals surface area contributed by atoms with Gasteiger partial charge in [-0.15, -0.1) is 11.3 Å². The topological polar surface area (TPSA) is 80.2 Å². The Kier molecular flexibility index (Phi) is 6.79. The summed E-state index contributed by atoms with van der Waals surface area (Å²) in [5.41, 5.74) is -2.10. The van der Waals surface area contributed by atoms with E-state index in [0.29, 0.717) is 31.6 Å². The number of oxime groups is 1. The van der Waals surface area contributed by atoms with Crippen LogP contribution in [0.25, 0.3) is 6.08 Å². The molecular formula is C22H18F5N3O4S. The van der Waals surface area contributed by atoms with Gasteiger partial charge in [0, 0.05) is 36.5 Å². The van der Waals surface area contributed by atoms with Gasteiger partial charge in [-0.2, -0.15) is 22.0 Å². The second kappa shape index (κ2) is 9.64. The fourth-order valence-corrected chi connectivity index (χ4v) is 4.52. The number of carbonyl (C=O) groups is 2. The van der Waals surface area contributed by atoms with Crippen LogP contribution in [-0.4, -0.2) is 49.1 Å². The number of rotatable bonds is 5. The van der Waals surface area contributed by atoms with Crippen LogP contribution in [-0.2, 0) is 14.4 Å². The molecule has 0 saturated carbocycles. The number of benzene rings is 1. The second-order valence-corrected chi connectivity index (χ2v) is 8.80. The van der Waals surface area contributed by atoms with Crippen molar-refractivity contribution in [3.05, 3.63) is 52.9 Å². The quantitative estimate of drug-likeness (QED) is 0.325. The van der Waals surface area contributed by atoms with Crippen molar-refractivity contribution in [1.82, 2.24) is 0 Å². The standard InChI is InChI=1S/C22H18F5N3O4S/c23-21(24,22(25,26)27)18-16(19(31)34-29-18)12-15-6-7-17(35-15)30-10-8-14(9-11-30)33-20(32)28-13-4-2-1-3-5-13/h1-7,12,14H,8-11H2,(H,28,32)/b16-12-. The predicted octanol–water partition coefficient (Wildman–Crippen LogP) is 5.46. The van der Waals surface area contributed by atoms with Gasteiger partial charge in [0.1, 0.15) is 6.10 Å². The van der Waals surface area contributed by atoms with E-state index in [0.717, 1.165) is 22.4 Å². The highest BCUT2D eigenvalue weighted by molar-refractivity contribution is 7.17. The first-order valence-electron chi connectivity index (χ1n) is 10.4. The highest BCUT2D eigenvalue weighted by atomic mass is 32.1. The maximum Gasteiger partial charge on any atom is 0.459 e. The molecule has 1 saturated heterocycles. The summed E-state index contributed by atoms with van der Waals surface area (Å²) in [6.45, 7) is 1.06. The third-order valence-electron chi connectivity index (χ3n) is 5.30. The van der Waals surface area contributed by atoms with Crippen LogP contribution < -0.4 is 10.2 Å². The normalized spacial score (nSPS) is 18.4. The number of alkyl halides is 5. The van der Waals surface area contributed by atoms with Crippen LogP contribution in [0.5, 0.6) is 0 Å². The van der Waals surface area contributed by atoms with Gasteiger partial charge >= 0.3 is 24.2 Å². The summed E-state index contributed by atoms with van der Waals surface area (Å²) in [6, 6.07) is 12.0. The number of para-hydroxylation sites is 1. The Hall–Kier alpha value is -3.48. The molecule has 2 aromatic rings. The van der Waals surface area contributed by atoms with E-state index in [1.807, 2.05) is 11.0 Å². The van der Waals surface area contributed by atoms with Gasteiger partial charge in [-0.05, 0) is 30.3 Å². The van der Waals surface area contributed by atoms with Gasteiger partial charge in [0.05, 0.1) is 10.6 Å². The summed E-state index contributed by atoms with van der Waals surface area (Å²) < 4.78 is 71.1. The lowest BCUT2D eigenvalue weighted by Gasteiger charge is -2.32. The first-order valence-corrected chi connectivity index (χ1v) is 11.2. The lowest BCUT2D eigenvalue weighted by molar-refractivity contribution is -0.249. The average Bonchev–Trinajstić information content (AvgIpc) is 3.42. The zero-order valence-electron chi connectivity index (χ0n) is 17.9. The lowest BCUT2D eigenvalue weighted by atomic mass is 10.0. The van der Waals surface area contributed by atoms with Crippen molar-refractivity contribution in [3.63, 3.8) is 0 Å². The van der Waals surface area contributed by atoms with Crippen molar-refractivity contribution in [2.24, 2.45) is 5.16 Å². The van der Waals surface area contributed by atoms with Crippen LogP contribution in [0.2, 0.25) is 0 Å². The molecule has 7 nitrogen and oxygen atoms in total. The van der Waals surface area contributed by atoms with E-state index in [1.165, 1.54) is 6.07 Å². The number of thiophene rings is 1. The smallest absolute Gasteiger partial charge is 0.446 e. The molecule has 186 valence electrons. The largest absolute Gasteiger partial charge is 0.459 e. The van der Waals surface area contributed by atoms with E-state index >= 15 is 0 Å². The number of piperidine rings is 1. The summed E-state index contributed by atoms with van der Waals surface area (Å²) in [4.78, 5) is 30.1. The molecule has 3 heterocycles. The third kappa shape index (κ3) is 5.45. The molecule has 35 heavy (non-hydrogen) atoms. The fourth-order valence-electron chi connectivity index (χ4n) is 3.52. The Balaban J connectivity index is 1.36. The van der Waals surface area contributed by atoms with Crippen LogP contribution in [0.15, 0.2) is 53.2 Å². The molecule has 0 atom stereocenters. The highest BCUT2D eigenvalue weighted by Crippen LogP contribution is 2.41. The Morgan fingerprint density at radius 3 is 2.46 bits per heavy atom. The number of carbonyl (C=O) groups excluding carboxylic acids is 2. The Morgan fingerprint density at radius 1 is 1.11 bits per heavy atom. The van der Waals surface area contributed by atoms with Gasteiger partial charge in [0.2, 0.25) is 0 Å². The Morgan fingerprint density at radius 2 is 1.80 bits per heavy atom. The van der Waals surface area contributed by atoms with E-state index < -0.39 is 35.4 Å². The molecule has 0 unspecified atom stereocenters. The average molecular weight is 515 g/mol. The molecule has 0 bridgehead atoms. The minimum Gasteiger partial charge on any atom is -0.446 e. The van der Waals surface area contributed by atoms with Crippen LogP contribution in [0, 0.1) is 0 Å². The van der Waals surface area contributed by atoms with Crippen molar-refractivity contribution >= 4 is 45.9 Å². The number of hydrogen-bond donors (Lipinski definition) is 1. The minimum atomic E-state index is -5.93. The van der Waals surface area contributed by atoms with Gasteiger partial charge in [0.25, 0.3) is 0 Å². The highest BCUT2D eigenvalue weighted by Gasteiger charge is 2.64. The Bertz CT molecular complexity index is 1160. The molecule has 0 spiro atoms. The number of anilines is 2. The van der Waals surface area contributed by atoms with Crippen molar-refractivity contribution in [2.75, 3.05) is 23.3 Å². The Labute approximate surface area is 199 Å². The van der Waals surface area contributed by atoms with E-state index in [4.69, 9.17) is 4.74 Å². The molecule has 1 aromatic carbocycles. The van der Waals surface area contributed by atoms with Crippen molar-refractivity contribution < 1.29 is 41.1 Å². The van der Waals surface area contributed by atoms with E-state index in [1.54, 1.807) is 30.3 Å². The summed E-state index contributed by atoms with van der Waals surface area (Å²) in [7, 11) is 0. The lowest BCUT2D eigenvalue weighted by Crippen LogP contribution is -2.44. The number of amides is 1. The van der Waals surface area contributed by atoms with Crippen LogP contribution in [0.3, 0.4) is 0 Å². The van der Waals surface area contributed by atoms with Gasteiger partial charge in [-0.3, -0.25) is 5.32 Å². The van der Waals surface area contributed by atoms with Gasteiger partial charge in [-0.25, -0.2) is 9.59 Å². The van der Waals surface area contributed by atoms with Crippen LogP contribution in [0.1, 0.15) is 17.7 Å². The molecule has 1 N–H and O–H groups in total. The zero-order chi connectivity index (χ0) is 25.2. The van der Waals surface area contributed by atoms with Crippen molar-refractivity contribution in [2.45, 2.75) is 31.0 Å². The molecule has 0 radical (unpaired) electrons. The van der Waals surface area contributed by atoms with Gasteiger partial charge in [0.15, 0.2) is 5.71 Å². The first-order chi connectivity index (χ1) is 16.5. The predicted molar refractivity (Wildman–Crippen MR) is 119 cm³/mol. The molecule has 13 heteroatoms. The van der Waals surface area contributed by atoms with Crippen LogP contribution >= 0.6 is 11.3 Å². The van der Waals surface area contributed by atoms with Crippen molar-refractivity contribution in [3.8, 4) is 0 Å². The molecule has 1 aromatic heterocycles. The zero-order valence-corrected chi connectivity index (χ0v) is 18.7.